The Morgan fingerprint density at radius 1 is 0.492 bits per heavy atom. The molecule has 7 heteroatoms. The van der Waals surface area contributed by atoms with Crippen molar-refractivity contribution in [2.24, 2.45) is 0 Å². The number of rotatable bonds is 8. The fourth-order valence-corrected chi connectivity index (χ4v) is 8.61. The number of aromatic nitrogens is 3. The average molecular weight is 793 g/mol. The highest BCUT2D eigenvalue weighted by atomic mass is 32.1. The number of hydrogen-bond donors (Lipinski definition) is 0. The number of anilines is 3. The second-order valence-corrected chi connectivity index (χ2v) is 17.8. The maximum absolute atomic E-state index is 5.52. The van der Waals surface area contributed by atoms with Gasteiger partial charge in [-0.2, -0.15) is 8.75 Å². The quantitative estimate of drug-likeness (QED) is 0.153. The molecule has 0 unspecified atom stereocenters. The summed E-state index contributed by atoms with van der Waals surface area (Å²) in [6.07, 6.45) is 0. The number of fused-ring (bicyclic) bond motifs is 4. The molecule has 9 rings (SSSR count). The predicted molar refractivity (Wildman–Crippen MR) is 248 cm³/mol. The van der Waals surface area contributed by atoms with Crippen molar-refractivity contribution in [3.8, 4) is 39.4 Å². The summed E-state index contributed by atoms with van der Waals surface area (Å²) in [5, 5.41) is 2.57. The van der Waals surface area contributed by atoms with Crippen molar-refractivity contribution in [1.29, 1.82) is 0 Å². The van der Waals surface area contributed by atoms with Crippen LogP contribution in [0.5, 0.6) is 11.5 Å². The summed E-state index contributed by atoms with van der Waals surface area (Å²) >= 11 is 1.24. The first-order valence-electron chi connectivity index (χ1n) is 20.1. The highest BCUT2D eigenvalue weighted by Crippen LogP contribution is 2.43. The molecule has 294 valence electrons. The van der Waals surface area contributed by atoms with Crippen LogP contribution in [0.3, 0.4) is 0 Å². The van der Waals surface area contributed by atoms with Gasteiger partial charge >= 0.3 is 0 Å². The van der Waals surface area contributed by atoms with Gasteiger partial charge in [0.2, 0.25) is 0 Å². The van der Waals surface area contributed by atoms with Gasteiger partial charge in [0.15, 0.2) is 0 Å². The molecular formula is C52H48N4O2S. The maximum atomic E-state index is 5.52. The minimum Gasteiger partial charge on any atom is -0.497 e. The molecule has 2 heterocycles. The number of hydrogen-bond acceptors (Lipinski definition) is 6. The Morgan fingerprint density at radius 2 is 0.949 bits per heavy atom. The van der Waals surface area contributed by atoms with E-state index in [1.54, 1.807) is 14.2 Å². The maximum Gasteiger partial charge on any atom is 0.129 e. The van der Waals surface area contributed by atoms with E-state index in [0.29, 0.717) is 0 Å². The van der Waals surface area contributed by atoms with E-state index in [1.165, 1.54) is 44.7 Å². The molecule has 0 aliphatic heterocycles. The Bertz CT molecular complexity index is 2880. The molecule has 2 aromatic heterocycles. The standard InChI is InChI=1S/C52H48N4O2S/c1-51(2,3)36-15-28-46-44(31-36)45-32-37(52(4,5)6)16-29-47(45)56(46)40-19-11-35(12-20-40)43-27-30-48(50-49(43)53-59-54-50)55(39-21-25-42(58-8)26-22-39)38-17-9-33(10-18-38)34-13-23-41(57-7)24-14-34/h9-32H,1-8H3. The van der Waals surface area contributed by atoms with E-state index in [0.717, 1.165) is 67.5 Å². The van der Waals surface area contributed by atoms with Gasteiger partial charge in [0.05, 0.1) is 42.7 Å². The van der Waals surface area contributed by atoms with Crippen LogP contribution in [0.25, 0.3) is 60.8 Å². The molecule has 6 nitrogen and oxygen atoms in total. The van der Waals surface area contributed by atoms with E-state index < -0.39 is 0 Å². The largest absolute Gasteiger partial charge is 0.497 e. The van der Waals surface area contributed by atoms with Gasteiger partial charge < -0.3 is 18.9 Å². The first-order valence-corrected chi connectivity index (χ1v) is 20.8. The van der Waals surface area contributed by atoms with Crippen LogP contribution < -0.4 is 14.4 Å². The average Bonchev–Trinajstić information content (AvgIpc) is 3.87. The third-order valence-corrected chi connectivity index (χ3v) is 12.0. The van der Waals surface area contributed by atoms with Gasteiger partial charge in [-0.15, -0.1) is 0 Å². The molecule has 0 amide bonds. The van der Waals surface area contributed by atoms with Crippen LogP contribution >= 0.6 is 11.7 Å². The minimum atomic E-state index is 0.0471. The first kappa shape index (κ1) is 38.1. The normalized spacial score (nSPS) is 12.1. The Morgan fingerprint density at radius 3 is 1.46 bits per heavy atom. The van der Waals surface area contributed by atoms with Crippen LogP contribution in [0.1, 0.15) is 52.7 Å². The van der Waals surface area contributed by atoms with Gasteiger partial charge in [0.1, 0.15) is 22.5 Å². The van der Waals surface area contributed by atoms with Gasteiger partial charge in [-0.1, -0.05) is 90.1 Å². The monoisotopic (exact) mass is 792 g/mol. The summed E-state index contributed by atoms with van der Waals surface area (Å²) in [5.74, 6) is 1.64. The van der Waals surface area contributed by atoms with Crippen LogP contribution in [-0.2, 0) is 10.8 Å². The van der Waals surface area contributed by atoms with Crippen LogP contribution in [0.2, 0.25) is 0 Å². The van der Waals surface area contributed by atoms with Crippen molar-refractivity contribution in [2.45, 2.75) is 52.4 Å². The van der Waals surface area contributed by atoms with E-state index in [4.69, 9.17) is 18.2 Å². The van der Waals surface area contributed by atoms with E-state index in [1.807, 2.05) is 24.3 Å². The number of methoxy groups -OCH3 is 2. The van der Waals surface area contributed by atoms with Gasteiger partial charge in [-0.25, -0.2) is 0 Å². The molecule has 0 aliphatic rings. The van der Waals surface area contributed by atoms with Gasteiger partial charge in [0.25, 0.3) is 0 Å². The second kappa shape index (κ2) is 14.7. The van der Waals surface area contributed by atoms with Crippen molar-refractivity contribution in [1.82, 2.24) is 13.3 Å². The lowest BCUT2D eigenvalue weighted by Crippen LogP contribution is -2.10. The topological polar surface area (TPSA) is 52.4 Å². The van der Waals surface area contributed by atoms with E-state index in [2.05, 4.69) is 172 Å². The summed E-state index contributed by atoms with van der Waals surface area (Å²) in [6.45, 7) is 13.7. The van der Waals surface area contributed by atoms with Crippen molar-refractivity contribution in [2.75, 3.05) is 19.1 Å². The Kier molecular flexibility index (Phi) is 9.52. The molecule has 9 aromatic rings. The van der Waals surface area contributed by atoms with Crippen molar-refractivity contribution >= 4 is 61.6 Å². The van der Waals surface area contributed by atoms with Crippen molar-refractivity contribution in [3.05, 3.63) is 157 Å². The molecule has 0 fully saturated rings. The Hall–Kier alpha value is -6.44. The van der Waals surface area contributed by atoms with Crippen LogP contribution in [0.4, 0.5) is 17.1 Å². The fraction of sp³-hybridized carbons (Fsp3) is 0.192. The molecule has 0 radical (unpaired) electrons. The summed E-state index contributed by atoms with van der Waals surface area (Å²) in [6, 6.07) is 52.1. The lowest BCUT2D eigenvalue weighted by molar-refractivity contribution is 0.415. The summed E-state index contributed by atoms with van der Waals surface area (Å²) < 4.78 is 23.1. The number of nitrogens with zero attached hydrogens (tertiary/aromatic N) is 4. The Labute approximate surface area is 350 Å². The summed E-state index contributed by atoms with van der Waals surface area (Å²) in [7, 11) is 3.38. The number of benzene rings is 7. The van der Waals surface area contributed by atoms with Crippen molar-refractivity contribution < 1.29 is 9.47 Å². The lowest BCUT2D eigenvalue weighted by Gasteiger charge is -2.26. The third kappa shape index (κ3) is 6.99. The van der Waals surface area contributed by atoms with Crippen molar-refractivity contribution in [3.63, 3.8) is 0 Å². The lowest BCUT2D eigenvalue weighted by atomic mass is 9.85. The molecule has 0 N–H and O–H groups in total. The summed E-state index contributed by atoms with van der Waals surface area (Å²) in [4.78, 5) is 2.24. The molecule has 0 aliphatic carbocycles. The minimum absolute atomic E-state index is 0.0471. The molecule has 0 spiro atoms. The summed E-state index contributed by atoms with van der Waals surface area (Å²) in [5.41, 5.74) is 15.3. The van der Waals surface area contributed by atoms with E-state index >= 15 is 0 Å². The SMILES string of the molecule is COc1ccc(-c2ccc(N(c3ccc(OC)cc3)c3ccc(-c4ccc(-n5c6ccc(C(C)(C)C)cc6c6cc(C(C)(C)C)ccc65)cc4)c4nsnc34)cc2)cc1. The fourth-order valence-electron chi connectivity index (χ4n) is 8.04. The molecule has 0 saturated heterocycles. The Balaban J connectivity index is 1.12. The zero-order valence-electron chi connectivity index (χ0n) is 34.9. The molecule has 0 atom stereocenters. The molecule has 59 heavy (non-hydrogen) atoms. The zero-order chi connectivity index (χ0) is 41.1. The van der Waals surface area contributed by atoms with E-state index in [-0.39, 0.29) is 10.8 Å². The number of ether oxygens (including phenoxy) is 2. The highest BCUT2D eigenvalue weighted by molar-refractivity contribution is 7.00. The van der Waals surface area contributed by atoms with Gasteiger partial charge in [0, 0.05) is 33.4 Å². The predicted octanol–water partition coefficient (Wildman–Crippen LogP) is 14.2. The molecule has 0 saturated carbocycles. The van der Waals surface area contributed by atoms with Gasteiger partial charge in [-0.05, 0) is 136 Å². The van der Waals surface area contributed by atoms with Gasteiger partial charge in [-0.3, -0.25) is 0 Å². The third-order valence-electron chi connectivity index (χ3n) is 11.4. The molecule has 7 aromatic carbocycles. The van der Waals surface area contributed by atoms with E-state index in [9.17, 15) is 0 Å². The van der Waals surface area contributed by atoms with Crippen LogP contribution in [-0.4, -0.2) is 27.5 Å². The molecule has 0 bridgehead atoms. The van der Waals surface area contributed by atoms with Crippen LogP contribution in [0, 0.1) is 0 Å². The zero-order valence-corrected chi connectivity index (χ0v) is 35.7. The first-order chi connectivity index (χ1) is 28.4. The second-order valence-electron chi connectivity index (χ2n) is 17.2. The van der Waals surface area contributed by atoms with Crippen LogP contribution in [0.15, 0.2) is 146 Å². The highest BCUT2D eigenvalue weighted by Gasteiger charge is 2.23. The molecular weight excluding hydrogens is 745 g/mol. The smallest absolute Gasteiger partial charge is 0.129 e.